The molecule has 0 spiro atoms. The quantitative estimate of drug-likeness (QED) is 0.850. The summed E-state index contributed by atoms with van der Waals surface area (Å²) in [6.45, 7) is 0.740. The van der Waals surface area contributed by atoms with E-state index in [4.69, 9.17) is 9.47 Å². The van der Waals surface area contributed by atoms with Crippen molar-refractivity contribution >= 4 is 5.91 Å². The molecule has 1 amide bonds. The Morgan fingerprint density at radius 3 is 2.48 bits per heavy atom. The molecule has 2 aromatic carbocycles. The van der Waals surface area contributed by atoms with Crippen LogP contribution in [0.15, 0.2) is 54.6 Å². The summed E-state index contributed by atoms with van der Waals surface area (Å²) >= 11 is 0. The number of hydrogen-bond donors (Lipinski definition) is 1. The van der Waals surface area contributed by atoms with Crippen molar-refractivity contribution in [1.82, 2.24) is 5.32 Å². The van der Waals surface area contributed by atoms with Crippen LogP contribution in [0.25, 0.3) is 0 Å². The summed E-state index contributed by atoms with van der Waals surface area (Å²) in [6.07, 6.45) is -4.07. The maximum atomic E-state index is 12.7. The van der Waals surface area contributed by atoms with Crippen LogP contribution in [0.3, 0.4) is 0 Å². The molecule has 1 fully saturated rings. The molecule has 3 rings (SSSR count). The van der Waals surface area contributed by atoms with E-state index < -0.39 is 17.8 Å². The third-order valence-corrected chi connectivity index (χ3v) is 4.29. The lowest BCUT2D eigenvalue weighted by Gasteiger charge is -2.24. The molecule has 0 bridgehead atoms. The fraction of sp³-hybridized carbons (Fsp3) is 0.350. The Kier molecular flexibility index (Phi) is 6.01. The van der Waals surface area contributed by atoms with E-state index in [2.05, 4.69) is 5.32 Å². The minimum Gasteiger partial charge on any atom is -0.486 e. The maximum Gasteiger partial charge on any atom is 0.416 e. The molecule has 27 heavy (non-hydrogen) atoms. The highest BCUT2D eigenvalue weighted by Crippen LogP contribution is 2.32. The minimum absolute atomic E-state index is 0.0844. The Hall–Kier alpha value is -2.54. The van der Waals surface area contributed by atoms with Gasteiger partial charge in [-0.1, -0.05) is 30.3 Å². The van der Waals surface area contributed by atoms with Crippen molar-refractivity contribution in [2.45, 2.75) is 31.2 Å². The van der Waals surface area contributed by atoms with E-state index in [1.54, 1.807) is 0 Å². The van der Waals surface area contributed by atoms with Crippen molar-refractivity contribution < 1.29 is 27.4 Å². The molecule has 0 saturated carbocycles. The third kappa shape index (κ3) is 5.47. The lowest BCUT2D eigenvalue weighted by Crippen LogP contribution is -2.37. The molecule has 4 nitrogen and oxygen atoms in total. The van der Waals surface area contributed by atoms with Gasteiger partial charge in [-0.3, -0.25) is 4.79 Å². The second-order valence-electron chi connectivity index (χ2n) is 6.36. The monoisotopic (exact) mass is 379 g/mol. The molecule has 0 radical (unpaired) electrons. The summed E-state index contributed by atoms with van der Waals surface area (Å²) in [4.78, 5) is 11.8. The molecule has 7 heteroatoms. The number of halogens is 3. The molecule has 2 atom stereocenters. The highest BCUT2D eigenvalue weighted by Gasteiger charge is 2.30. The van der Waals surface area contributed by atoms with Crippen molar-refractivity contribution in [3.63, 3.8) is 0 Å². The van der Waals surface area contributed by atoms with E-state index in [0.717, 1.165) is 17.7 Å². The number of nitrogens with one attached hydrogen (secondary N) is 1. The summed E-state index contributed by atoms with van der Waals surface area (Å²) < 4.78 is 49.6. The highest BCUT2D eigenvalue weighted by molar-refractivity contribution is 5.76. The second kappa shape index (κ2) is 8.43. The van der Waals surface area contributed by atoms with Gasteiger partial charge in [-0.25, -0.2) is 0 Å². The minimum atomic E-state index is -4.39. The Morgan fingerprint density at radius 1 is 1.11 bits per heavy atom. The zero-order valence-corrected chi connectivity index (χ0v) is 14.5. The van der Waals surface area contributed by atoms with Crippen LogP contribution in [0.4, 0.5) is 13.2 Å². The van der Waals surface area contributed by atoms with Crippen LogP contribution >= 0.6 is 0 Å². The van der Waals surface area contributed by atoms with Gasteiger partial charge in [0.05, 0.1) is 24.8 Å². The molecule has 1 saturated heterocycles. The topological polar surface area (TPSA) is 47.6 Å². The van der Waals surface area contributed by atoms with Gasteiger partial charge >= 0.3 is 6.18 Å². The highest BCUT2D eigenvalue weighted by atomic mass is 19.4. The van der Waals surface area contributed by atoms with E-state index in [9.17, 15) is 18.0 Å². The van der Waals surface area contributed by atoms with Gasteiger partial charge in [0.25, 0.3) is 0 Å². The Balaban J connectivity index is 1.77. The van der Waals surface area contributed by atoms with Crippen LogP contribution < -0.4 is 10.1 Å². The molecule has 1 N–H and O–H groups in total. The number of hydrogen-bond acceptors (Lipinski definition) is 3. The van der Waals surface area contributed by atoms with Gasteiger partial charge in [0, 0.05) is 12.8 Å². The van der Waals surface area contributed by atoms with Crippen LogP contribution in [0, 0.1) is 0 Å². The van der Waals surface area contributed by atoms with Crippen molar-refractivity contribution in [3.8, 4) is 5.75 Å². The van der Waals surface area contributed by atoms with Gasteiger partial charge < -0.3 is 14.8 Å². The van der Waals surface area contributed by atoms with Crippen molar-refractivity contribution in [2.24, 2.45) is 0 Å². The number of carbonyl (C=O) groups excluding carboxylic acids is 1. The Labute approximate surface area is 155 Å². The fourth-order valence-corrected chi connectivity index (χ4v) is 2.92. The molecular formula is C20H20F3NO3. The number of rotatable bonds is 5. The fourth-order valence-electron chi connectivity index (χ4n) is 2.92. The molecule has 2 aromatic rings. The first-order valence-corrected chi connectivity index (χ1v) is 8.68. The third-order valence-electron chi connectivity index (χ3n) is 4.29. The van der Waals surface area contributed by atoms with Crippen LogP contribution in [0.5, 0.6) is 5.75 Å². The lowest BCUT2D eigenvalue weighted by molar-refractivity contribution is -0.137. The number of carbonyl (C=O) groups is 1. The molecule has 1 aliphatic heterocycles. The van der Waals surface area contributed by atoms with Crippen LogP contribution in [-0.4, -0.2) is 25.2 Å². The first-order valence-electron chi connectivity index (χ1n) is 8.68. The standard InChI is InChI=1S/C20H20F3NO3/c21-20(22,23)15-6-8-17(9-7-15)27-18(14-4-2-1-3-5-14)12-16-13-26-11-10-19(25)24-16/h1-9,16,18H,10-13H2,(H,24,25)/t16-,18+/m0/s1. The first-order chi connectivity index (χ1) is 12.9. The summed E-state index contributed by atoms with van der Waals surface area (Å²) in [5, 5.41) is 2.90. The summed E-state index contributed by atoms with van der Waals surface area (Å²) in [5.74, 6) is 0.247. The number of benzene rings is 2. The average Bonchev–Trinajstić information content (AvgIpc) is 2.85. The van der Waals surface area contributed by atoms with Gasteiger partial charge in [-0.05, 0) is 29.8 Å². The summed E-state index contributed by atoms with van der Waals surface area (Å²) in [7, 11) is 0. The van der Waals surface area contributed by atoms with Crippen LogP contribution in [-0.2, 0) is 15.7 Å². The van der Waals surface area contributed by atoms with Crippen LogP contribution in [0.2, 0.25) is 0 Å². The number of alkyl halides is 3. The van der Waals surface area contributed by atoms with Crippen molar-refractivity contribution in [1.29, 1.82) is 0 Å². The zero-order valence-electron chi connectivity index (χ0n) is 14.5. The molecule has 144 valence electrons. The van der Waals surface area contributed by atoms with E-state index >= 15 is 0 Å². The van der Waals surface area contributed by atoms with Crippen molar-refractivity contribution in [3.05, 3.63) is 65.7 Å². The largest absolute Gasteiger partial charge is 0.486 e. The van der Waals surface area contributed by atoms with E-state index in [-0.39, 0.29) is 11.9 Å². The molecule has 1 aliphatic rings. The predicted molar refractivity (Wildman–Crippen MR) is 93.2 cm³/mol. The van der Waals surface area contributed by atoms with E-state index in [1.165, 1.54) is 12.1 Å². The predicted octanol–water partition coefficient (Wildman–Crippen LogP) is 4.12. The summed E-state index contributed by atoms with van der Waals surface area (Å²) in [6, 6.07) is 13.7. The molecule has 0 aromatic heterocycles. The summed E-state index contributed by atoms with van der Waals surface area (Å²) in [5.41, 5.74) is 0.145. The lowest BCUT2D eigenvalue weighted by atomic mass is 10.0. The molecule has 0 unspecified atom stereocenters. The van der Waals surface area contributed by atoms with E-state index in [1.807, 2.05) is 30.3 Å². The van der Waals surface area contributed by atoms with Crippen LogP contribution in [0.1, 0.15) is 30.1 Å². The number of amides is 1. The smallest absolute Gasteiger partial charge is 0.416 e. The molecule has 0 aliphatic carbocycles. The van der Waals surface area contributed by atoms with Crippen molar-refractivity contribution in [2.75, 3.05) is 13.2 Å². The molecule has 1 heterocycles. The second-order valence-corrected chi connectivity index (χ2v) is 6.36. The normalized spacial score (nSPS) is 19.1. The zero-order chi connectivity index (χ0) is 19.3. The SMILES string of the molecule is O=C1CCOC[C@H](C[C@@H](Oc2ccc(C(F)(F)F)cc2)c2ccccc2)N1. The maximum absolute atomic E-state index is 12.7. The Morgan fingerprint density at radius 2 is 1.81 bits per heavy atom. The van der Waals surface area contributed by atoms with E-state index in [0.29, 0.717) is 31.8 Å². The van der Waals surface area contributed by atoms with Gasteiger partial charge in [0.1, 0.15) is 11.9 Å². The van der Waals surface area contributed by atoms with Gasteiger partial charge in [0.15, 0.2) is 0 Å². The van der Waals surface area contributed by atoms with Gasteiger partial charge in [0.2, 0.25) is 5.91 Å². The Bertz CT molecular complexity index is 747. The molecular weight excluding hydrogens is 359 g/mol. The van der Waals surface area contributed by atoms with Gasteiger partial charge in [-0.15, -0.1) is 0 Å². The van der Waals surface area contributed by atoms with Gasteiger partial charge in [-0.2, -0.15) is 13.2 Å². The number of ether oxygens (including phenoxy) is 2. The first kappa shape index (κ1) is 19.2. The average molecular weight is 379 g/mol.